The summed E-state index contributed by atoms with van der Waals surface area (Å²) >= 11 is 0. The summed E-state index contributed by atoms with van der Waals surface area (Å²) in [6, 6.07) is 8.48. The molecule has 2 unspecified atom stereocenters. The summed E-state index contributed by atoms with van der Waals surface area (Å²) in [5, 5.41) is 6.61. The van der Waals surface area contributed by atoms with Gasteiger partial charge in [0.1, 0.15) is 0 Å². The fourth-order valence-electron chi connectivity index (χ4n) is 2.12. The molecule has 0 heterocycles. The van der Waals surface area contributed by atoms with Gasteiger partial charge < -0.3 is 10.6 Å². The highest BCUT2D eigenvalue weighted by Crippen LogP contribution is 2.16. The summed E-state index contributed by atoms with van der Waals surface area (Å²) in [6.07, 6.45) is 0. The molecule has 0 radical (unpaired) electrons. The van der Waals surface area contributed by atoms with Gasteiger partial charge in [-0.2, -0.15) is 0 Å². The van der Waals surface area contributed by atoms with Crippen molar-refractivity contribution in [3.63, 3.8) is 0 Å². The van der Waals surface area contributed by atoms with Crippen molar-refractivity contribution in [2.75, 3.05) is 19.3 Å². The molecule has 0 aliphatic carbocycles. The molecular weight excluding hydrogens is 294 g/mol. The van der Waals surface area contributed by atoms with Gasteiger partial charge in [0.2, 0.25) is 0 Å². The molecule has 124 valence electrons. The van der Waals surface area contributed by atoms with Crippen LogP contribution in [0, 0.1) is 6.92 Å². The lowest BCUT2D eigenvalue weighted by atomic mass is 10.0. The lowest BCUT2D eigenvalue weighted by molar-refractivity contribution is 0.645. The van der Waals surface area contributed by atoms with Crippen molar-refractivity contribution >= 4 is 16.8 Å². The molecule has 1 rings (SSSR count). The van der Waals surface area contributed by atoms with E-state index < -0.39 is 10.8 Å². The van der Waals surface area contributed by atoms with E-state index in [1.54, 1.807) is 7.05 Å². The zero-order valence-corrected chi connectivity index (χ0v) is 15.4. The first-order valence-corrected chi connectivity index (χ1v) is 8.98. The molecule has 0 aliphatic rings. The molecule has 0 saturated heterocycles. The van der Waals surface area contributed by atoms with E-state index in [1.165, 1.54) is 11.1 Å². The third-order valence-corrected chi connectivity index (χ3v) is 5.44. The number of hydrogen-bond acceptors (Lipinski definition) is 2. The second-order valence-corrected chi connectivity index (χ2v) is 8.71. The average molecular weight is 324 g/mol. The Balaban J connectivity index is 2.53. The average Bonchev–Trinajstić information content (AvgIpc) is 2.45. The standard InChI is InChI=1S/C17H29N3OS/c1-13-9-7-8-10-15(13)14(2)20-16(18-6)19-11-12-22(21)17(3,4)5/h7-10,14H,11-12H2,1-6H3,(H2,18,19,20). The van der Waals surface area contributed by atoms with Gasteiger partial charge in [0.05, 0.1) is 6.04 Å². The molecule has 0 amide bonds. The van der Waals surface area contributed by atoms with Crippen LogP contribution in [0.1, 0.15) is 44.9 Å². The fraction of sp³-hybridized carbons (Fsp3) is 0.588. The smallest absolute Gasteiger partial charge is 0.191 e. The van der Waals surface area contributed by atoms with Crippen molar-refractivity contribution in [3.8, 4) is 0 Å². The first-order chi connectivity index (χ1) is 10.3. The van der Waals surface area contributed by atoms with E-state index in [0.717, 1.165) is 5.96 Å². The second kappa shape index (κ2) is 8.32. The summed E-state index contributed by atoms with van der Waals surface area (Å²) in [6.45, 7) is 10.9. The fourth-order valence-corrected chi connectivity index (χ4v) is 3.02. The maximum absolute atomic E-state index is 12.0. The van der Waals surface area contributed by atoms with Crippen LogP contribution in [0.15, 0.2) is 29.3 Å². The SMILES string of the molecule is CN=C(NCCS(=O)C(C)(C)C)NC(C)c1ccccc1C. The first kappa shape index (κ1) is 18.7. The van der Waals surface area contributed by atoms with Crippen LogP contribution in [0.3, 0.4) is 0 Å². The molecule has 2 N–H and O–H groups in total. The quantitative estimate of drug-likeness (QED) is 0.647. The van der Waals surface area contributed by atoms with Crippen molar-refractivity contribution in [1.82, 2.24) is 10.6 Å². The normalized spacial score (nSPS) is 15.3. The van der Waals surface area contributed by atoms with Crippen molar-refractivity contribution in [2.24, 2.45) is 4.99 Å². The van der Waals surface area contributed by atoms with E-state index >= 15 is 0 Å². The Kier molecular flexibility index (Phi) is 7.07. The van der Waals surface area contributed by atoms with Gasteiger partial charge in [0.15, 0.2) is 5.96 Å². The van der Waals surface area contributed by atoms with E-state index in [9.17, 15) is 4.21 Å². The Morgan fingerprint density at radius 3 is 2.50 bits per heavy atom. The molecule has 0 aliphatic heterocycles. The maximum Gasteiger partial charge on any atom is 0.191 e. The van der Waals surface area contributed by atoms with Crippen molar-refractivity contribution in [2.45, 2.75) is 45.4 Å². The zero-order valence-electron chi connectivity index (χ0n) is 14.6. The van der Waals surface area contributed by atoms with Gasteiger partial charge in [-0.3, -0.25) is 9.20 Å². The predicted molar refractivity (Wildman–Crippen MR) is 96.9 cm³/mol. The highest BCUT2D eigenvalue weighted by atomic mass is 32.2. The first-order valence-electron chi connectivity index (χ1n) is 7.67. The van der Waals surface area contributed by atoms with Gasteiger partial charge in [-0.25, -0.2) is 0 Å². The van der Waals surface area contributed by atoms with Gasteiger partial charge in [0, 0.05) is 34.9 Å². The predicted octanol–water partition coefficient (Wildman–Crippen LogP) is 2.77. The number of aliphatic imine (C=N–C) groups is 1. The molecule has 0 saturated carbocycles. The number of rotatable bonds is 5. The van der Waals surface area contributed by atoms with Crippen LogP contribution in [0.25, 0.3) is 0 Å². The van der Waals surface area contributed by atoms with Crippen LogP contribution in [0.4, 0.5) is 0 Å². The Bertz CT molecular complexity index is 535. The van der Waals surface area contributed by atoms with Crippen molar-refractivity contribution in [1.29, 1.82) is 0 Å². The summed E-state index contributed by atoms with van der Waals surface area (Å²) in [7, 11) is 0.897. The minimum absolute atomic E-state index is 0.167. The molecule has 0 bridgehead atoms. The number of nitrogens with zero attached hydrogens (tertiary/aromatic N) is 1. The molecular formula is C17H29N3OS. The van der Waals surface area contributed by atoms with Crippen LogP contribution in [-0.2, 0) is 10.8 Å². The van der Waals surface area contributed by atoms with E-state index in [0.29, 0.717) is 12.3 Å². The third-order valence-electron chi connectivity index (χ3n) is 3.49. The molecule has 22 heavy (non-hydrogen) atoms. The highest BCUT2D eigenvalue weighted by Gasteiger charge is 2.18. The van der Waals surface area contributed by atoms with E-state index in [4.69, 9.17) is 0 Å². The minimum Gasteiger partial charge on any atom is -0.355 e. The van der Waals surface area contributed by atoms with Crippen LogP contribution < -0.4 is 10.6 Å². The number of hydrogen-bond donors (Lipinski definition) is 2. The van der Waals surface area contributed by atoms with Gasteiger partial charge in [-0.15, -0.1) is 0 Å². The molecule has 2 atom stereocenters. The van der Waals surface area contributed by atoms with Crippen molar-refractivity contribution < 1.29 is 4.21 Å². The van der Waals surface area contributed by atoms with Gasteiger partial charge in [-0.05, 0) is 45.7 Å². The second-order valence-electron chi connectivity index (χ2n) is 6.38. The molecule has 5 heteroatoms. The van der Waals surface area contributed by atoms with E-state index in [2.05, 4.69) is 41.6 Å². The van der Waals surface area contributed by atoms with Crippen LogP contribution in [-0.4, -0.2) is 34.3 Å². The monoisotopic (exact) mass is 323 g/mol. The molecule has 4 nitrogen and oxygen atoms in total. The van der Waals surface area contributed by atoms with Crippen LogP contribution in [0.5, 0.6) is 0 Å². The topological polar surface area (TPSA) is 53.5 Å². The van der Waals surface area contributed by atoms with E-state index in [-0.39, 0.29) is 10.8 Å². The number of aryl methyl sites for hydroxylation is 1. The van der Waals surface area contributed by atoms with E-state index in [1.807, 2.05) is 32.9 Å². The Morgan fingerprint density at radius 2 is 1.95 bits per heavy atom. The maximum atomic E-state index is 12.0. The highest BCUT2D eigenvalue weighted by molar-refractivity contribution is 7.86. The van der Waals surface area contributed by atoms with Gasteiger partial charge in [0.25, 0.3) is 0 Å². The van der Waals surface area contributed by atoms with Gasteiger partial charge in [-0.1, -0.05) is 24.3 Å². The third kappa shape index (κ3) is 5.79. The number of nitrogens with one attached hydrogen (secondary N) is 2. The molecule has 0 spiro atoms. The van der Waals surface area contributed by atoms with Crippen LogP contribution >= 0.6 is 0 Å². The number of benzene rings is 1. The van der Waals surface area contributed by atoms with Crippen LogP contribution in [0.2, 0.25) is 0 Å². The number of guanidine groups is 1. The molecule has 0 fully saturated rings. The molecule has 0 aromatic heterocycles. The summed E-state index contributed by atoms with van der Waals surface area (Å²) in [5.41, 5.74) is 2.51. The Hall–Kier alpha value is -1.36. The molecule has 1 aromatic rings. The summed E-state index contributed by atoms with van der Waals surface area (Å²) < 4.78 is 11.9. The largest absolute Gasteiger partial charge is 0.355 e. The minimum atomic E-state index is -0.853. The lowest BCUT2D eigenvalue weighted by Crippen LogP contribution is -2.41. The lowest BCUT2D eigenvalue weighted by Gasteiger charge is -2.21. The van der Waals surface area contributed by atoms with Crippen molar-refractivity contribution in [3.05, 3.63) is 35.4 Å². The Morgan fingerprint density at radius 1 is 1.32 bits per heavy atom. The van der Waals surface area contributed by atoms with Gasteiger partial charge >= 0.3 is 0 Å². The Labute approximate surface area is 137 Å². The molecule has 1 aromatic carbocycles. The zero-order chi connectivity index (χ0) is 16.8. The summed E-state index contributed by atoms with van der Waals surface area (Å²) in [5.74, 6) is 1.35. The summed E-state index contributed by atoms with van der Waals surface area (Å²) in [4.78, 5) is 4.24.